The molecule has 0 radical (unpaired) electrons. The first-order valence-corrected chi connectivity index (χ1v) is 6.07. The molecule has 1 aliphatic rings. The van der Waals surface area contributed by atoms with E-state index in [1.807, 2.05) is 6.92 Å². The minimum absolute atomic E-state index is 0.0601. The van der Waals surface area contributed by atoms with E-state index in [9.17, 15) is 9.59 Å². The van der Waals surface area contributed by atoms with Gasteiger partial charge in [-0.15, -0.1) is 0 Å². The van der Waals surface area contributed by atoms with Gasteiger partial charge in [-0.05, 0) is 25.2 Å². The molecular formula is C11H21N5O2. The number of nitrogens with one attached hydrogen (secondary N) is 1. The predicted molar refractivity (Wildman–Crippen MR) is 68.3 cm³/mol. The van der Waals surface area contributed by atoms with Gasteiger partial charge >= 0.3 is 0 Å². The largest absolute Gasteiger partial charge is 0.370 e. The van der Waals surface area contributed by atoms with Gasteiger partial charge in [0.15, 0.2) is 5.96 Å². The van der Waals surface area contributed by atoms with Crippen LogP contribution in [0.3, 0.4) is 0 Å². The van der Waals surface area contributed by atoms with Crippen LogP contribution in [-0.2, 0) is 9.59 Å². The fraction of sp³-hybridized carbons (Fsp3) is 0.727. The highest BCUT2D eigenvalue weighted by Gasteiger charge is 2.35. The molecule has 2 amide bonds. The van der Waals surface area contributed by atoms with Crippen molar-refractivity contribution in [1.82, 2.24) is 5.32 Å². The average molecular weight is 255 g/mol. The molecule has 1 unspecified atom stereocenters. The van der Waals surface area contributed by atoms with Crippen LogP contribution in [0.4, 0.5) is 0 Å². The fourth-order valence-electron chi connectivity index (χ4n) is 2.25. The summed E-state index contributed by atoms with van der Waals surface area (Å²) in [6.07, 6.45) is 2.03. The predicted octanol–water partition coefficient (Wildman–Crippen LogP) is -1.33. The third-order valence-corrected chi connectivity index (χ3v) is 3.26. The lowest BCUT2D eigenvalue weighted by atomic mass is 9.81. The second-order valence-corrected chi connectivity index (χ2v) is 4.73. The molecule has 18 heavy (non-hydrogen) atoms. The number of aliphatic imine (C=N–C) groups is 1. The van der Waals surface area contributed by atoms with Gasteiger partial charge in [-0.3, -0.25) is 14.6 Å². The van der Waals surface area contributed by atoms with Crippen molar-refractivity contribution >= 4 is 17.8 Å². The Morgan fingerprint density at radius 1 is 1.44 bits per heavy atom. The summed E-state index contributed by atoms with van der Waals surface area (Å²) in [5, 5.41) is 2.65. The maximum absolute atomic E-state index is 11.8. The Morgan fingerprint density at radius 3 is 2.61 bits per heavy atom. The molecule has 1 aliphatic heterocycles. The van der Waals surface area contributed by atoms with Crippen LogP contribution in [0.5, 0.6) is 0 Å². The Kier molecular flexibility index (Phi) is 4.94. The molecule has 0 bridgehead atoms. The molecule has 0 aromatic carbocycles. The van der Waals surface area contributed by atoms with E-state index in [4.69, 9.17) is 17.2 Å². The molecule has 0 spiro atoms. The van der Waals surface area contributed by atoms with E-state index in [1.54, 1.807) is 0 Å². The van der Waals surface area contributed by atoms with Crippen LogP contribution < -0.4 is 22.5 Å². The molecule has 102 valence electrons. The van der Waals surface area contributed by atoms with Gasteiger partial charge in [0, 0.05) is 12.5 Å². The maximum atomic E-state index is 11.8. The van der Waals surface area contributed by atoms with E-state index in [-0.39, 0.29) is 23.7 Å². The first kappa shape index (κ1) is 14.3. The van der Waals surface area contributed by atoms with Gasteiger partial charge in [0.1, 0.15) is 6.04 Å². The minimum atomic E-state index is -0.540. The van der Waals surface area contributed by atoms with E-state index in [2.05, 4.69) is 10.3 Å². The zero-order valence-electron chi connectivity index (χ0n) is 10.6. The average Bonchev–Trinajstić information content (AvgIpc) is 2.26. The molecule has 1 fully saturated rings. The molecule has 3 atom stereocenters. The summed E-state index contributed by atoms with van der Waals surface area (Å²) in [7, 11) is 0. The van der Waals surface area contributed by atoms with E-state index < -0.39 is 11.9 Å². The zero-order chi connectivity index (χ0) is 13.7. The summed E-state index contributed by atoms with van der Waals surface area (Å²) >= 11 is 0. The van der Waals surface area contributed by atoms with Crippen molar-refractivity contribution in [2.45, 2.75) is 32.2 Å². The Balaban J connectivity index is 2.45. The summed E-state index contributed by atoms with van der Waals surface area (Å²) in [6, 6.07) is -0.540. The molecule has 0 aromatic rings. The standard InChI is InChI=1S/C11H21N5O2/c1-6-5-8(9(12)17)16-10(18)7(6)3-2-4-15-11(13)14/h6-8H,2-5H2,1H3,(H2,12,17)(H,16,18)(H4,13,14,15)/t6?,7-,8-/m1/s1. The van der Waals surface area contributed by atoms with Gasteiger partial charge in [-0.1, -0.05) is 6.92 Å². The molecule has 1 saturated heterocycles. The number of carbonyl (C=O) groups is 2. The van der Waals surface area contributed by atoms with Crippen molar-refractivity contribution < 1.29 is 9.59 Å². The number of rotatable bonds is 5. The van der Waals surface area contributed by atoms with Crippen LogP contribution in [0, 0.1) is 11.8 Å². The van der Waals surface area contributed by atoms with Crippen molar-refractivity contribution in [2.75, 3.05) is 6.54 Å². The molecule has 1 rings (SSSR count). The Labute approximate surface area is 106 Å². The first-order valence-electron chi connectivity index (χ1n) is 6.07. The van der Waals surface area contributed by atoms with Crippen molar-refractivity contribution in [2.24, 2.45) is 34.0 Å². The summed E-state index contributed by atoms with van der Waals surface area (Å²) in [5.74, 6) is -0.494. The van der Waals surface area contributed by atoms with Gasteiger partial charge in [-0.2, -0.15) is 0 Å². The number of primary amides is 1. The highest BCUT2D eigenvalue weighted by atomic mass is 16.2. The van der Waals surface area contributed by atoms with Crippen molar-refractivity contribution in [3.8, 4) is 0 Å². The quantitative estimate of drug-likeness (QED) is 0.274. The van der Waals surface area contributed by atoms with Crippen LogP contribution in [0.25, 0.3) is 0 Å². The SMILES string of the molecule is CC1C[C@H](C(N)=O)NC(=O)[C@@H]1CCCN=C(N)N. The lowest BCUT2D eigenvalue weighted by Gasteiger charge is -2.32. The molecule has 1 heterocycles. The van der Waals surface area contributed by atoms with E-state index >= 15 is 0 Å². The van der Waals surface area contributed by atoms with E-state index in [0.29, 0.717) is 19.4 Å². The molecule has 0 aromatic heterocycles. The summed E-state index contributed by atoms with van der Waals surface area (Å²) in [5.41, 5.74) is 15.6. The number of nitrogens with two attached hydrogens (primary N) is 3. The van der Waals surface area contributed by atoms with Crippen molar-refractivity contribution in [1.29, 1.82) is 0 Å². The van der Waals surface area contributed by atoms with Gasteiger partial charge in [-0.25, -0.2) is 0 Å². The van der Waals surface area contributed by atoms with Gasteiger partial charge in [0.05, 0.1) is 0 Å². The maximum Gasteiger partial charge on any atom is 0.240 e. The number of piperidine rings is 1. The summed E-state index contributed by atoms with van der Waals surface area (Å²) in [6.45, 7) is 2.47. The number of hydrogen-bond acceptors (Lipinski definition) is 3. The Hall–Kier alpha value is -1.79. The molecule has 7 heteroatoms. The van der Waals surface area contributed by atoms with Crippen LogP contribution in [0.15, 0.2) is 4.99 Å². The van der Waals surface area contributed by atoms with Crippen LogP contribution >= 0.6 is 0 Å². The lowest BCUT2D eigenvalue weighted by molar-refractivity contribution is -0.135. The fourth-order valence-corrected chi connectivity index (χ4v) is 2.25. The third-order valence-electron chi connectivity index (χ3n) is 3.26. The molecule has 7 nitrogen and oxygen atoms in total. The highest BCUT2D eigenvalue weighted by molar-refractivity contribution is 5.89. The third kappa shape index (κ3) is 3.90. The number of amides is 2. The Bertz CT molecular complexity index is 351. The Morgan fingerprint density at radius 2 is 2.11 bits per heavy atom. The summed E-state index contributed by atoms with van der Waals surface area (Å²) < 4.78 is 0. The van der Waals surface area contributed by atoms with Gasteiger partial charge in [0.25, 0.3) is 0 Å². The van der Waals surface area contributed by atoms with Crippen LogP contribution in [-0.4, -0.2) is 30.4 Å². The monoisotopic (exact) mass is 255 g/mol. The van der Waals surface area contributed by atoms with Gasteiger partial charge in [0.2, 0.25) is 11.8 Å². The minimum Gasteiger partial charge on any atom is -0.370 e. The van der Waals surface area contributed by atoms with E-state index in [0.717, 1.165) is 6.42 Å². The topological polar surface area (TPSA) is 137 Å². The zero-order valence-corrected chi connectivity index (χ0v) is 10.6. The number of guanidine groups is 1. The number of nitrogens with zero attached hydrogens (tertiary/aromatic N) is 1. The molecular weight excluding hydrogens is 234 g/mol. The lowest BCUT2D eigenvalue weighted by Crippen LogP contribution is -2.53. The highest BCUT2D eigenvalue weighted by Crippen LogP contribution is 2.26. The first-order chi connectivity index (χ1) is 8.41. The number of carbonyl (C=O) groups excluding carboxylic acids is 2. The van der Waals surface area contributed by atoms with Crippen molar-refractivity contribution in [3.63, 3.8) is 0 Å². The second-order valence-electron chi connectivity index (χ2n) is 4.73. The smallest absolute Gasteiger partial charge is 0.240 e. The molecule has 0 aliphatic carbocycles. The normalized spacial score (nSPS) is 27.4. The molecule has 7 N–H and O–H groups in total. The van der Waals surface area contributed by atoms with Crippen molar-refractivity contribution in [3.05, 3.63) is 0 Å². The summed E-state index contributed by atoms with van der Waals surface area (Å²) in [4.78, 5) is 26.8. The number of hydrogen-bond donors (Lipinski definition) is 4. The van der Waals surface area contributed by atoms with E-state index in [1.165, 1.54) is 0 Å². The second kappa shape index (κ2) is 6.23. The van der Waals surface area contributed by atoms with Gasteiger partial charge < -0.3 is 22.5 Å². The van der Waals surface area contributed by atoms with Crippen LogP contribution in [0.2, 0.25) is 0 Å². The van der Waals surface area contributed by atoms with Crippen LogP contribution in [0.1, 0.15) is 26.2 Å². The molecule has 0 saturated carbocycles.